The fourth-order valence-electron chi connectivity index (χ4n) is 2.80. The molecule has 0 atom stereocenters. The highest BCUT2D eigenvalue weighted by molar-refractivity contribution is 6.65. The minimum absolute atomic E-state index is 0.0409. The van der Waals surface area contributed by atoms with E-state index in [1.165, 1.54) is 12.3 Å². The van der Waals surface area contributed by atoms with Gasteiger partial charge in [-0.05, 0) is 34.6 Å². The predicted molar refractivity (Wildman–Crippen MR) is 87.8 cm³/mol. The highest BCUT2D eigenvalue weighted by atomic mass is 16.7. The Kier molecular flexibility index (Phi) is 3.32. The molecule has 3 rings (SSSR count). The molecule has 3 heterocycles. The van der Waals surface area contributed by atoms with Crippen molar-refractivity contribution in [1.29, 1.82) is 0 Å². The predicted octanol–water partition coefficient (Wildman–Crippen LogP) is 2.09. The summed E-state index contributed by atoms with van der Waals surface area (Å²) >= 11 is 0. The highest BCUT2D eigenvalue weighted by Gasteiger charge is 2.53. The number of hydrogen-bond donors (Lipinski definition) is 0. The molecule has 0 aromatic carbocycles. The Labute approximate surface area is 134 Å². The lowest BCUT2D eigenvalue weighted by atomic mass is 9.77. The van der Waals surface area contributed by atoms with Gasteiger partial charge in [0.25, 0.3) is 5.69 Å². The van der Waals surface area contributed by atoms with E-state index in [0.717, 1.165) is 11.2 Å². The second-order valence-corrected chi connectivity index (χ2v) is 6.97. The third-order valence-electron chi connectivity index (χ3n) is 5.05. The minimum atomic E-state index is -0.576. The average molecular weight is 317 g/mol. The van der Waals surface area contributed by atoms with Crippen molar-refractivity contribution in [2.45, 2.75) is 45.8 Å². The van der Waals surface area contributed by atoms with Crippen LogP contribution >= 0.6 is 0 Å². The zero-order valence-electron chi connectivity index (χ0n) is 14.2. The van der Waals surface area contributed by atoms with E-state index < -0.39 is 23.2 Å². The van der Waals surface area contributed by atoms with Crippen LogP contribution in [0.4, 0.5) is 5.69 Å². The molecule has 1 aliphatic rings. The standard InChI is InChI=1S/C15H20BN3O4/c1-9-12(16-22-14(2,3)15(4,5)23-16)11-7-10(19(20)21)8-17-13(11)18(9)6/h7-8H,1-6H3. The summed E-state index contributed by atoms with van der Waals surface area (Å²) in [6, 6.07) is 1.54. The molecule has 0 aliphatic carbocycles. The number of fused-ring (bicyclic) bond motifs is 1. The highest BCUT2D eigenvalue weighted by Crippen LogP contribution is 2.37. The van der Waals surface area contributed by atoms with Crippen molar-refractivity contribution in [3.63, 3.8) is 0 Å². The van der Waals surface area contributed by atoms with Crippen LogP contribution in [0.1, 0.15) is 33.4 Å². The number of nitro groups is 1. The molecule has 2 aromatic rings. The first-order valence-corrected chi connectivity index (χ1v) is 7.50. The summed E-state index contributed by atoms with van der Waals surface area (Å²) in [4.78, 5) is 14.9. The van der Waals surface area contributed by atoms with Gasteiger partial charge in [-0.2, -0.15) is 0 Å². The fraction of sp³-hybridized carbons (Fsp3) is 0.533. The molecule has 8 heteroatoms. The van der Waals surface area contributed by atoms with Crippen LogP contribution in [-0.2, 0) is 16.4 Å². The van der Waals surface area contributed by atoms with E-state index in [2.05, 4.69) is 4.98 Å². The van der Waals surface area contributed by atoms with Crippen LogP contribution in [0.15, 0.2) is 12.3 Å². The van der Waals surface area contributed by atoms with Gasteiger partial charge in [-0.25, -0.2) is 4.98 Å². The largest absolute Gasteiger partial charge is 0.497 e. The van der Waals surface area contributed by atoms with E-state index in [0.29, 0.717) is 11.0 Å². The summed E-state index contributed by atoms with van der Waals surface area (Å²) in [7, 11) is 1.30. The monoisotopic (exact) mass is 317 g/mol. The van der Waals surface area contributed by atoms with Crippen molar-refractivity contribution in [2.24, 2.45) is 7.05 Å². The van der Waals surface area contributed by atoms with Gasteiger partial charge in [-0.15, -0.1) is 0 Å². The molecule has 2 aromatic heterocycles. The van der Waals surface area contributed by atoms with Crippen LogP contribution in [0, 0.1) is 17.0 Å². The maximum absolute atomic E-state index is 11.1. The van der Waals surface area contributed by atoms with E-state index >= 15 is 0 Å². The second kappa shape index (κ2) is 4.78. The van der Waals surface area contributed by atoms with Gasteiger partial charge >= 0.3 is 7.12 Å². The van der Waals surface area contributed by atoms with Crippen molar-refractivity contribution in [3.8, 4) is 0 Å². The number of aryl methyl sites for hydroxylation is 1. The lowest BCUT2D eigenvalue weighted by Crippen LogP contribution is -2.41. The third kappa shape index (κ3) is 2.24. The molecule has 0 radical (unpaired) electrons. The number of nitrogens with zero attached hydrogens (tertiary/aromatic N) is 3. The molecule has 1 saturated heterocycles. The average Bonchev–Trinajstić information content (AvgIpc) is 2.80. The zero-order chi connectivity index (χ0) is 17.2. The van der Waals surface area contributed by atoms with Gasteiger partial charge in [-0.1, -0.05) is 0 Å². The Morgan fingerprint density at radius 1 is 1.26 bits per heavy atom. The molecule has 122 valence electrons. The Hall–Kier alpha value is -1.93. The Morgan fingerprint density at radius 3 is 2.35 bits per heavy atom. The van der Waals surface area contributed by atoms with Crippen molar-refractivity contribution in [1.82, 2.24) is 9.55 Å². The van der Waals surface area contributed by atoms with Crippen LogP contribution in [0.5, 0.6) is 0 Å². The van der Waals surface area contributed by atoms with Crippen LogP contribution in [0.3, 0.4) is 0 Å². The Balaban J connectivity index is 2.20. The number of aromatic nitrogens is 2. The summed E-state index contributed by atoms with van der Waals surface area (Å²) < 4.78 is 14.1. The number of rotatable bonds is 2. The molecule has 7 nitrogen and oxygen atoms in total. The molecule has 0 spiro atoms. The van der Waals surface area contributed by atoms with E-state index in [1.54, 1.807) is 0 Å². The first-order valence-electron chi connectivity index (χ1n) is 7.50. The molecule has 0 N–H and O–H groups in total. The molecular weight excluding hydrogens is 297 g/mol. The maximum Gasteiger partial charge on any atom is 0.497 e. The lowest BCUT2D eigenvalue weighted by Gasteiger charge is -2.32. The van der Waals surface area contributed by atoms with E-state index in [1.807, 2.05) is 46.2 Å². The molecule has 0 saturated carbocycles. The van der Waals surface area contributed by atoms with Gasteiger partial charge in [0.15, 0.2) is 0 Å². The summed E-state index contributed by atoms with van der Waals surface area (Å²) in [6.07, 6.45) is 1.27. The van der Waals surface area contributed by atoms with Gasteiger partial charge in [-0.3, -0.25) is 10.1 Å². The SMILES string of the molecule is Cc1c(B2OC(C)(C)C(C)(C)O2)c2cc([N+](=O)[O-])cnc2n1C. The number of pyridine rings is 1. The second-order valence-electron chi connectivity index (χ2n) is 6.97. The van der Waals surface area contributed by atoms with Gasteiger partial charge in [0.05, 0.1) is 16.1 Å². The smallest absolute Gasteiger partial charge is 0.399 e. The molecular formula is C15H20BN3O4. The third-order valence-corrected chi connectivity index (χ3v) is 5.05. The first-order chi connectivity index (χ1) is 10.5. The molecule has 23 heavy (non-hydrogen) atoms. The quantitative estimate of drug-likeness (QED) is 0.481. The van der Waals surface area contributed by atoms with Gasteiger partial charge in [0.2, 0.25) is 0 Å². The van der Waals surface area contributed by atoms with E-state index in [-0.39, 0.29) is 5.69 Å². The normalized spacial score (nSPS) is 19.5. The molecule has 1 aliphatic heterocycles. The first kappa shape index (κ1) is 16.0. The minimum Gasteiger partial charge on any atom is -0.399 e. The zero-order valence-corrected chi connectivity index (χ0v) is 14.2. The molecule has 0 unspecified atom stereocenters. The molecule has 0 bridgehead atoms. The summed E-state index contributed by atoms with van der Waals surface area (Å²) in [5.74, 6) is 0. The Morgan fingerprint density at radius 2 is 1.83 bits per heavy atom. The summed E-state index contributed by atoms with van der Waals surface area (Å²) in [6.45, 7) is 9.86. The summed E-state index contributed by atoms with van der Waals surface area (Å²) in [5.41, 5.74) is 1.42. The lowest BCUT2D eigenvalue weighted by molar-refractivity contribution is -0.385. The molecule has 0 amide bonds. The maximum atomic E-state index is 11.1. The van der Waals surface area contributed by atoms with Crippen LogP contribution < -0.4 is 5.46 Å². The van der Waals surface area contributed by atoms with Crippen molar-refractivity contribution in [2.75, 3.05) is 0 Å². The van der Waals surface area contributed by atoms with Crippen LogP contribution in [-0.4, -0.2) is 32.8 Å². The van der Waals surface area contributed by atoms with Crippen LogP contribution in [0.2, 0.25) is 0 Å². The number of hydrogen-bond acceptors (Lipinski definition) is 5. The van der Waals surface area contributed by atoms with Crippen LogP contribution in [0.25, 0.3) is 11.0 Å². The van der Waals surface area contributed by atoms with E-state index in [9.17, 15) is 10.1 Å². The topological polar surface area (TPSA) is 79.4 Å². The van der Waals surface area contributed by atoms with E-state index in [4.69, 9.17) is 9.31 Å². The Bertz CT molecular complexity index is 797. The van der Waals surface area contributed by atoms with Crippen molar-refractivity contribution < 1.29 is 14.2 Å². The molecule has 1 fully saturated rings. The van der Waals surface area contributed by atoms with Gasteiger partial charge < -0.3 is 13.9 Å². The van der Waals surface area contributed by atoms with Crippen molar-refractivity contribution in [3.05, 3.63) is 28.1 Å². The van der Waals surface area contributed by atoms with Crippen molar-refractivity contribution >= 4 is 29.3 Å². The van der Waals surface area contributed by atoms with Gasteiger partial charge in [0.1, 0.15) is 11.8 Å². The van der Waals surface area contributed by atoms with Gasteiger partial charge in [0, 0.05) is 29.7 Å². The summed E-state index contributed by atoms with van der Waals surface area (Å²) in [5, 5.41) is 11.8. The fourth-order valence-corrected chi connectivity index (χ4v) is 2.80.